The fourth-order valence-electron chi connectivity index (χ4n) is 5.80. The molecule has 8 nitrogen and oxygen atoms in total. The minimum absolute atomic E-state index is 0.0668. The summed E-state index contributed by atoms with van der Waals surface area (Å²) in [5.41, 5.74) is -0.125. The van der Waals surface area contributed by atoms with Crippen molar-refractivity contribution in [2.75, 3.05) is 12.0 Å². The van der Waals surface area contributed by atoms with Crippen molar-refractivity contribution >= 4 is 45.0 Å². The lowest BCUT2D eigenvalue weighted by atomic mass is 10.0. The van der Waals surface area contributed by atoms with Crippen molar-refractivity contribution in [2.24, 2.45) is 0 Å². The van der Waals surface area contributed by atoms with E-state index in [1.54, 1.807) is 11.4 Å². The number of ether oxygens (including phenoxy) is 3. The first-order valence-corrected chi connectivity index (χ1v) is 17.0. The summed E-state index contributed by atoms with van der Waals surface area (Å²) in [5, 5.41) is 6.44. The van der Waals surface area contributed by atoms with Gasteiger partial charge in [0.25, 0.3) is 0 Å². The van der Waals surface area contributed by atoms with Gasteiger partial charge >= 0.3 is 18.5 Å². The number of anilines is 1. The highest BCUT2D eigenvalue weighted by Gasteiger charge is 2.39. The minimum atomic E-state index is -4.88. The first-order chi connectivity index (χ1) is 22.7. The molecule has 256 valence electrons. The molecule has 3 heterocycles. The number of nitrogens with zero attached hydrogens (tertiary/aromatic N) is 3. The van der Waals surface area contributed by atoms with Crippen LogP contribution in [0, 0.1) is 0 Å². The molecule has 0 bridgehead atoms. The van der Waals surface area contributed by atoms with Gasteiger partial charge in [0.2, 0.25) is 0 Å². The number of esters is 1. The molecule has 48 heavy (non-hydrogen) atoms. The number of para-hydroxylation sites is 1. The summed E-state index contributed by atoms with van der Waals surface area (Å²) < 4.78 is 101. The van der Waals surface area contributed by atoms with Crippen LogP contribution in [0.2, 0.25) is 0 Å². The third-order valence-electron chi connectivity index (χ3n) is 8.18. The predicted molar refractivity (Wildman–Crippen MR) is 172 cm³/mol. The molecule has 0 amide bonds. The molecule has 2 aromatic heterocycles. The van der Waals surface area contributed by atoms with E-state index in [4.69, 9.17) is 9.26 Å². The largest absolute Gasteiger partial charge is 0.573 e. The number of halogens is 7. The molecular weight excluding hydrogens is 779 g/mol. The standard InChI is InChI=1S/C32H28F6IN3O5S/c1-16-11-19(45-14-22-27(41-47-28(22)17-7-8-17)21-5-3-4-6-25(21)46-32(36,37)38)13-26(39)42(16)30-40-24(15-48-30)18-9-10-20(29(43)44-2)23(12-18)31(33,34)35/h3-6,9-10,12,15-17,19,26H,7-8,11,13-14H2,1-2H3/t16-,19+,26-/m1/s1. The van der Waals surface area contributed by atoms with E-state index in [9.17, 15) is 31.1 Å². The Balaban J connectivity index is 1.18. The number of alkyl halides is 7. The van der Waals surface area contributed by atoms with Crippen molar-refractivity contribution in [3.8, 4) is 28.3 Å². The zero-order chi connectivity index (χ0) is 34.4. The van der Waals surface area contributed by atoms with Gasteiger partial charge in [-0.1, -0.05) is 45.9 Å². The summed E-state index contributed by atoms with van der Waals surface area (Å²) in [4.78, 5) is 18.7. The van der Waals surface area contributed by atoms with Crippen LogP contribution in [-0.2, 0) is 22.3 Å². The number of aromatic nitrogens is 2. The molecule has 2 fully saturated rings. The number of carbonyl (C=O) groups excluding carboxylic acids is 1. The molecule has 2 aliphatic rings. The van der Waals surface area contributed by atoms with Crippen molar-refractivity contribution in [3.05, 3.63) is 70.3 Å². The van der Waals surface area contributed by atoms with Gasteiger partial charge in [-0.15, -0.1) is 24.5 Å². The van der Waals surface area contributed by atoms with Gasteiger partial charge in [-0.3, -0.25) is 0 Å². The lowest BCUT2D eigenvalue weighted by Crippen LogP contribution is -2.47. The molecule has 1 aliphatic heterocycles. The van der Waals surface area contributed by atoms with Crippen molar-refractivity contribution in [3.63, 3.8) is 0 Å². The zero-order valence-corrected chi connectivity index (χ0v) is 28.4. The first kappa shape index (κ1) is 34.5. The molecule has 3 atom stereocenters. The highest BCUT2D eigenvalue weighted by molar-refractivity contribution is 14.1. The molecule has 0 unspecified atom stereocenters. The second kappa shape index (κ2) is 13.5. The summed E-state index contributed by atoms with van der Waals surface area (Å²) in [5.74, 6) is -0.731. The van der Waals surface area contributed by atoms with Crippen LogP contribution in [0.5, 0.6) is 5.75 Å². The summed E-state index contributed by atoms with van der Waals surface area (Å²) in [6.45, 7) is 2.08. The SMILES string of the molecule is COC(=O)c1ccc(-c2csc(N3[C@H](C)C[C@H](OCc4c(-c5ccccc5OC(F)(F)F)noc4C4CC4)C[C@@H]3I)n2)cc1C(F)(F)F. The molecule has 1 aliphatic carbocycles. The predicted octanol–water partition coefficient (Wildman–Crippen LogP) is 9.38. The number of methoxy groups -OCH3 is 1. The normalized spacial score (nSPS) is 20.2. The third-order valence-corrected chi connectivity index (χ3v) is 10.1. The van der Waals surface area contributed by atoms with Crippen LogP contribution in [0.4, 0.5) is 31.5 Å². The first-order valence-electron chi connectivity index (χ1n) is 14.9. The molecular formula is C32H28F6IN3O5S. The Kier molecular flexibility index (Phi) is 9.70. The number of carbonyl (C=O) groups is 1. The van der Waals surface area contributed by atoms with Gasteiger partial charge in [0, 0.05) is 40.5 Å². The average molecular weight is 808 g/mol. The van der Waals surface area contributed by atoms with Crippen molar-refractivity contribution in [2.45, 2.75) is 73.9 Å². The lowest BCUT2D eigenvalue weighted by Gasteiger charge is -2.41. The smallest absolute Gasteiger partial charge is 0.465 e. The van der Waals surface area contributed by atoms with Gasteiger partial charge < -0.3 is 23.6 Å². The van der Waals surface area contributed by atoms with Crippen molar-refractivity contribution in [1.82, 2.24) is 10.1 Å². The summed E-state index contributed by atoms with van der Waals surface area (Å²) in [6, 6.07) is 9.12. The van der Waals surface area contributed by atoms with Crippen LogP contribution in [0.15, 0.2) is 52.4 Å². The lowest BCUT2D eigenvalue weighted by molar-refractivity contribution is -0.274. The highest BCUT2D eigenvalue weighted by atomic mass is 127. The molecule has 1 saturated carbocycles. The molecule has 6 rings (SSSR count). The van der Waals surface area contributed by atoms with Crippen LogP contribution >= 0.6 is 33.9 Å². The summed E-state index contributed by atoms with van der Waals surface area (Å²) in [7, 11) is 1.02. The van der Waals surface area contributed by atoms with Crippen LogP contribution in [0.25, 0.3) is 22.5 Å². The van der Waals surface area contributed by atoms with Crippen molar-refractivity contribution in [1.29, 1.82) is 0 Å². The Morgan fingerprint density at radius 3 is 2.52 bits per heavy atom. The Morgan fingerprint density at radius 2 is 1.85 bits per heavy atom. The monoisotopic (exact) mass is 807 g/mol. The third kappa shape index (κ3) is 7.44. The van der Waals surface area contributed by atoms with Gasteiger partial charge in [0.05, 0.1) is 40.7 Å². The van der Waals surface area contributed by atoms with Crippen LogP contribution < -0.4 is 9.64 Å². The van der Waals surface area contributed by atoms with E-state index in [1.807, 2.05) is 6.92 Å². The number of hydrogen-bond donors (Lipinski definition) is 0. The second-order valence-electron chi connectivity index (χ2n) is 11.6. The maximum atomic E-state index is 13.8. The molecule has 1 saturated heterocycles. The number of thiazole rings is 1. The zero-order valence-electron chi connectivity index (χ0n) is 25.4. The number of rotatable bonds is 9. The van der Waals surface area contributed by atoms with Gasteiger partial charge in [-0.05, 0) is 50.5 Å². The van der Waals surface area contributed by atoms with Crippen LogP contribution in [0.3, 0.4) is 0 Å². The fraction of sp³-hybridized carbons (Fsp3) is 0.406. The molecule has 0 N–H and O–H groups in total. The van der Waals surface area contributed by atoms with E-state index in [-0.39, 0.29) is 51.3 Å². The topological polar surface area (TPSA) is 86.9 Å². The maximum Gasteiger partial charge on any atom is 0.573 e. The van der Waals surface area contributed by atoms with Crippen LogP contribution in [-0.4, -0.2) is 45.8 Å². The van der Waals surface area contributed by atoms with E-state index in [0.717, 1.165) is 32.1 Å². The molecule has 4 aromatic rings. The summed E-state index contributed by atoms with van der Waals surface area (Å²) >= 11 is 3.58. The Hall–Kier alpha value is -3.38. The Morgan fingerprint density at radius 1 is 1.10 bits per heavy atom. The highest BCUT2D eigenvalue weighted by Crippen LogP contribution is 2.46. The Labute approximate surface area is 288 Å². The van der Waals surface area contributed by atoms with Crippen LogP contribution in [0.1, 0.15) is 65.8 Å². The maximum absolute atomic E-state index is 13.8. The minimum Gasteiger partial charge on any atom is -0.465 e. The van der Waals surface area contributed by atoms with E-state index >= 15 is 0 Å². The number of benzene rings is 2. The number of piperidine rings is 1. The quantitative estimate of drug-likeness (QED) is 0.0544. The van der Waals surface area contributed by atoms with Gasteiger partial charge in [-0.25, -0.2) is 9.78 Å². The molecule has 2 aromatic carbocycles. The van der Waals surface area contributed by atoms with Gasteiger partial charge in [-0.2, -0.15) is 13.2 Å². The van der Waals surface area contributed by atoms with Crippen molar-refractivity contribution < 1.29 is 49.9 Å². The fourth-order valence-corrected chi connectivity index (χ4v) is 8.35. The molecule has 0 spiro atoms. The van der Waals surface area contributed by atoms with E-state index in [1.165, 1.54) is 35.6 Å². The Bertz CT molecular complexity index is 1780. The number of hydrogen-bond acceptors (Lipinski definition) is 9. The molecule has 16 heteroatoms. The van der Waals surface area contributed by atoms with Gasteiger partial charge in [0.1, 0.15) is 17.2 Å². The van der Waals surface area contributed by atoms with E-state index in [0.29, 0.717) is 35.0 Å². The average Bonchev–Trinajstić information content (AvgIpc) is 3.60. The summed E-state index contributed by atoms with van der Waals surface area (Å²) in [6.07, 6.45) is -6.92. The van der Waals surface area contributed by atoms with Gasteiger partial charge in [0.15, 0.2) is 5.13 Å². The van der Waals surface area contributed by atoms with E-state index in [2.05, 4.69) is 47.1 Å². The second-order valence-corrected chi connectivity index (χ2v) is 13.8. The van der Waals surface area contributed by atoms with E-state index < -0.39 is 29.6 Å². The molecule has 0 radical (unpaired) electrons.